The predicted octanol–water partition coefficient (Wildman–Crippen LogP) is 2.08. The summed E-state index contributed by atoms with van der Waals surface area (Å²) in [7, 11) is 1.97. The number of nitrogens with one attached hydrogen (secondary N) is 1. The van der Waals surface area contributed by atoms with Crippen molar-refractivity contribution in [1.82, 2.24) is 15.1 Å². The number of hydrogen-bond acceptors (Lipinski definition) is 3. The molecule has 2 heterocycles. The fourth-order valence-electron chi connectivity index (χ4n) is 1.45. The van der Waals surface area contributed by atoms with Gasteiger partial charge in [-0.15, -0.1) is 0 Å². The number of aromatic nitrogens is 2. The Morgan fingerprint density at radius 1 is 1.47 bits per heavy atom. The minimum atomic E-state index is 0.884. The van der Waals surface area contributed by atoms with Gasteiger partial charge >= 0.3 is 0 Å². The van der Waals surface area contributed by atoms with Crippen molar-refractivity contribution in [3.05, 3.63) is 39.8 Å². The van der Waals surface area contributed by atoms with Crippen molar-refractivity contribution in [2.24, 2.45) is 7.05 Å². The zero-order valence-corrected chi connectivity index (χ0v) is 9.84. The summed E-state index contributed by atoms with van der Waals surface area (Å²) >= 11 is 1.74. The van der Waals surface area contributed by atoms with Gasteiger partial charge in [-0.1, -0.05) is 0 Å². The maximum atomic E-state index is 4.21. The second kappa shape index (κ2) is 4.59. The molecule has 2 aromatic rings. The largest absolute Gasteiger partial charge is 0.308 e. The van der Waals surface area contributed by atoms with E-state index in [0.29, 0.717) is 0 Å². The first kappa shape index (κ1) is 10.4. The zero-order chi connectivity index (χ0) is 10.7. The smallest absolute Gasteiger partial charge is 0.0537 e. The van der Waals surface area contributed by atoms with Gasteiger partial charge in [0.2, 0.25) is 0 Å². The van der Waals surface area contributed by atoms with Gasteiger partial charge in [-0.2, -0.15) is 16.4 Å². The molecular weight excluding hydrogens is 206 g/mol. The van der Waals surface area contributed by atoms with E-state index < -0.39 is 0 Å². The molecule has 0 atom stereocenters. The minimum Gasteiger partial charge on any atom is -0.308 e. The van der Waals surface area contributed by atoms with Gasteiger partial charge in [-0.25, -0.2) is 0 Å². The highest BCUT2D eigenvalue weighted by Gasteiger charge is 2.02. The molecule has 3 nitrogen and oxygen atoms in total. The van der Waals surface area contributed by atoms with Crippen LogP contribution in [0.3, 0.4) is 0 Å². The van der Waals surface area contributed by atoms with Gasteiger partial charge in [0.1, 0.15) is 0 Å². The van der Waals surface area contributed by atoms with E-state index in [1.807, 2.05) is 17.9 Å². The second-order valence-electron chi connectivity index (χ2n) is 3.61. The Balaban J connectivity index is 1.86. The van der Waals surface area contributed by atoms with E-state index in [-0.39, 0.29) is 0 Å². The highest BCUT2D eigenvalue weighted by Crippen LogP contribution is 2.07. The molecule has 0 aromatic carbocycles. The van der Waals surface area contributed by atoms with Crippen LogP contribution in [0.15, 0.2) is 23.0 Å². The maximum absolute atomic E-state index is 4.21. The van der Waals surface area contributed by atoms with Crippen LogP contribution in [0.2, 0.25) is 0 Å². The number of aryl methyl sites for hydroxylation is 1. The average molecular weight is 221 g/mol. The molecule has 1 N–H and O–H groups in total. The molecule has 2 rings (SSSR count). The van der Waals surface area contributed by atoms with E-state index in [4.69, 9.17) is 0 Å². The molecule has 0 saturated heterocycles. The van der Waals surface area contributed by atoms with Gasteiger partial charge in [0.25, 0.3) is 0 Å². The fourth-order valence-corrected chi connectivity index (χ4v) is 2.12. The third kappa shape index (κ3) is 2.46. The Kier molecular flexibility index (Phi) is 3.18. The molecular formula is C11H15N3S. The van der Waals surface area contributed by atoms with E-state index in [0.717, 1.165) is 13.1 Å². The van der Waals surface area contributed by atoms with Crippen LogP contribution in [-0.4, -0.2) is 9.78 Å². The molecule has 4 heteroatoms. The molecule has 0 aliphatic heterocycles. The van der Waals surface area contributed by atoms with Crippen molar-refractivity contribution in [3.8, 4) is 0 Å². The van der Waals surface area contributed by atoms with Crippen LogP contribution < -0.4 is 5.32 Å². The lowest BCUT2D eigenvalue weighted by Gasteiger charge is -2.02. The molecule has 0 amide bonds. The number of thiophene rings is 1. The van der Waals surface area contributed by atoms with Crippen molar-refractivity contribution in [3.63, 3.8) is 0 Å². The number of rotatable bonds is 4. The van der Waals surface area contributed by atoms with Gasteiger partial charge in [0.15, 0.2) is 0 Å². The van der Waals surface area contributed by atoms with Crippen LogP contribution >= 0.6 is 11.3 Å². The molecule has 0 fully saturated rings. The molecule has 0 radical (unpaired) electrons. The normalized spacial score (nSPS) is 10.8. The molecule has 0 spiro atoms. The standard InChI is InChI=1S/C11H15N3S/c1-9-11(7-13-14(9)2)6-12-5-10-3-4-15-8-10/h3-4,7-8,12H,5-6H2,1-2H3. The van der Waals surface area contributed by atoms with Crippen LogP contribution in [0.4, 0.5) is 0 Å². The van der Waals surface area contributed by atoms with Gasteiger partial charge in [0.05, 0.1) is 6.20 Å². The van der Waals surface area contributed by atoms with Crippen molar-refractivity contribution < 1.29 is 0 Å². The van der Waals surface area contributed by atoms with Gasteiger partial charge in [-0.05, 0) is 29.3 Å². The first-order valence-electron chi connectivity index (χ1n) is 4.96. The predicted molar refractivity (Wildman–Crippen MR) is 62.8 cm³/mol. The molecule has 0 aliphatic rings. The van der Waals surface area contributed by atoms with Crippen LogP contribution in [-0.2, 0) is 20.1 Å². The topological polar surface area (TPSA) is 29.9 Å². The summed E-state index contributed by atoms with van der Waals surface area (Å²) in [5.74, 6) is 0. The molecule has 15 heavy (non-hydrogen) atoms. The Morgan fingerprint density at radius 2 is 2.33 bits per heavy atom. The summed E-state index contributed by atoms with van der Waals surface area (Å²) in [5, 5.41) is 11.9. The second-order valence-corrected chi connectivity index (χ2v) is 4.39. The molecule has 0 saturated carbocycles. The quantitative estimate of drug-likeness (QED) is 0.856. The van der Waals surface area contributed by atoms with E-state index in [1.165, 1.54) is 16.8 Å². The first-order valence-corrected chi connectivity index (χ1v) is 5.91. The Bertz CT molecular complexity index is 417. The van der Waals surface area contributed by atoms with Crippen molar-refractivity contribution in [2.75, 3.05) is 0 Å². The van der Waals surface area contributed by atoms with E-state index >= 15 is 0 Å². The summed E-state index contributed by atoms with van der Waals surface area (Å²) in [6.45, 7) is 3.90. The van der Waals surface area contributed by atoms with E-state index in [2.05, 4.69) is 34.2 Å². The van der Waals surface area contributed by atoms with Crippen molar-refractivity contribution in [2.45, 2.75) is 20.0 Å². The molecule has 0 bridgehead atoms. The van der Waals surface area contributed by atoms with Crippen molar-refractivity contribution >= 4 is 11.3 Å². The maximum Gasteiger partial charge on any atom is 0.0537 e. The lowest BCUT2D eigenvalue weighted by Crippen LogP contribution is -2.12. The highest BCUT2D eigenvalue weighted by atomic mass is 32.1. The minimum absolute atomic E-state index is 0.884. The third-order valence-corrected chi connectivity index (χ3v) is 3.29. The molecule has 0 aliphatic carbocycles. The van der Waals surface area contributed by atoms with E-state index in [1.54, 1.807) is 11.3 Å². The van der Waals surface area contributed by atoms with Gasteiger partial charge in [0, 0.05) is 31.4 Å². The Labute approximate surface area is 93.7 Å². The monoisotopic (exact) mass is 221 g/mol. The van der Waals surface area contributed by atoms with Crippen LogP contribution in [0, 0.1) is 6.92 Å². The summed E-state index contributed by atoms with van der Waals surface area (Å²) in [4.78, 5) is 0. The Morgan fingerprint density at radius 3 is 2.93 bits per heavy atom. The Hall–Kier alpha value is -1.13. The summed E-state index contributed by atoms with van der Waals surface area (Å²) in [6, 6.07) is 2.15. The van der Waals surface area contributed by atoms with Crippen LogP contribution in [0.5, 0.6) is 0 Å². The van der Waals surface area contributed by atoms with Gasteiger partial charge in [-0.3, -0.25) is 4.68 Å². The van der Waals surface area contributed by atoms with E-state index in [9.17, 15) is 0 Å². The number of nitrogens with zero attached hydrogens (tertiary/aromatic N) is 2. The fraction of sp³-hybridized carbons (Fsp3) is 0.364. The first-order chi connectivity index (χ1) is 7.27. The summed E-state index contributed by atoms with van der Waals surface area (Å²) in [5.41, 5.74) is 3.85. The summed E-state index contributed by atoms with van der Waals surface area (Å²) < 4.78 is 1.90. The highest BCUT2D eigenvalue weighted by molar-refractivity contribution is 7.07. The lowest BCUT2D eigenvalue weighted by atomic mass is 10.2. The molecule has 80 valence electrons. The number of hydrogen-bond donors (Lipinski definition) is 1. The molecule has 0 unspecified atom stereocenters. The van der Waals surface area contributed by atoms with Gasteiger partial charge < -0.3 is 5.32 Å². The van der Waals surface area contributed by atoms with Crippen LogP contribution in [0.25, 0.3) is 0 Å². The SMILES string of the molecule is Cc1c(CNCc2ccsc2)cnn1C. The van der Waals surface area contributed by atoms with Crippen molar-refractivity contribution in [1.29, 1.82) is 0 Å². The average Bonchev–Trinajstić information content (AvgIpc) is 2.83. The third-order valence-electron chi connectivity index (χ3n) is 2.56. The summed E-state index contributed by atoms with van der Waals surface area (Å²) in [6.07, 6.45) is 1.93. The zero-order valence-electron chi connectivity index (χ0n) is 9.03. The molecule has 2 aromatic heterocycles. The van der Waals surface area contributed by atoms with Crippen LogP contribution in [0.1, 0.15) is 16.8 Å². The lowest BCUT2D eigenvalue weighted by molar-refractivity contribution is 0.686.